The Labute approximate surface area is 97.4 Å². The Bertz CT molecular complexity index is 533. The van der Waals surface area contributed by atoms with E-state index < -0.39 is 5.82 Å². The van der Waals surface area contributed by atoms with Crippen LogP contribution in [0.15, 0.2) is 30.5 Å². The molecule has 1 aromatic carbocycles. The summed E-state index contributed by atoms with van der Waals surface area (Å²) in [5.74, 6) is 4.91. The van der Waals surface area contributed by atoms with Gasteiger partial charge in [0.2, 0.25) is 11.8 Å². The molecule has 3 N–H and O–H groups in total. The van der Waals surface area contributed by atoms with E-state index in [0.29, 0.717) is 5.75 Å². The molecule has 0 amide bonds. The number of halogens is 1. The zero-order chi connectivity index (χ0) is 12.3. The Kier molecular flexibility index (Phi) is 3.15. The van der Waals surface area contributed by atoms with E-state index in [1.165, 1.54) is 0 Å². The molecular weight excluding hydrogens is 223 g/mol. The largest absolute Gasteiger partial charge is 0.436 e. The van der Waals surface area contributed by atoms with E-state index in [1.807, 2.05) is 19.1 Å². The lowest BCUT2D eigenvalue weighted by Gasteiger charge is -2.07. The molecule has 0 saturated carbocycles. The quantitative estimate of drug-likeness (QED) is 0.627. The van der Waals surface area contributed by atoms with Crippen LogP contribution in [0.4, 0.5) is 10.3 Å². The molecule has 0 aliphatic rings. The Morgan fingerprint density at radius 2 is 2.24 bits per heavy atom. The summed E-state index contributed by atoms with van der Waals surface area (Å²) in [6.07, 6.45) is 0.993. The number of benzene rings is 1. The normalized spacial score (nSPS) is 10.1. The minimum Gasteiger partial charge on any atom is -0.436 e. The van der Waals surface area contributed by atoms with Crippen LogP contribution in [0.5, 0.6) is 11.6 Å². The maximum absolute atomic E-state index is 13.4. The highest BCUT2D eigenvalue weighted by atomic mass is 19.1. The van der Waals surface area contributed by atoms with Gasteiger partial charge in [-0.2, -0.15) is 9.37 Å². The van der Waals surface area contributed by atoms with Gasteiger partial charge in [-0.05, 0) is 24.6 Å². The van der Waals surface area contributed by atoms with Gasteiger partial charge in [0, 0.05) is 0 Å². The van der Waals surface area contributed by atoms with Gasteiger partial charge in [-0.3, -0.25) is 5.43 Å². The van der Waals surface area contributed by atoms with Gasteiger partial charge in [-0.15, -0.1) is 0 Å². The van der Waals surface area contributed by atoms with Crippen molar-refractivity contribution in [2.75, 3.05) is 5.43 Å². The van der Waals surface area contributed by atoms with E-state index in [-0.39, 0.29) is 11.8 Å². The Morgan fingerprint density at radius 1 is 1.41 bits per heavy atom. The number of hydrazine groups is 1. The van der Waals surface area contributed by atoms with Gasteiger partial charge in [-0.1, -0.05) is 12.1 Å². The van der Waals surface area contributed by atoms with Crippen molar-refractivity contribution in [2.24, 2.45) is 5.84 Å². The van der Waals surface area contributed by atoms with Crippen LogP contribution in [0.2, 0.25) is 0 Å². The second-order valence-corrected chi connectivity index (χ2v) is 3.41. The molecule has 0 unspecified atom stereocenters. The topological polar surface area (TPSA) is 73.1 Å². The molecule has 0 bridgehead atoms. The van der Waals surface area contributed by atoms with Crippen LogP contribution in [0.3, 0.4) is 0 Å². The maximum atomic E-state index is 13.4. The summed E-state index contributed by atoms with van der Waals surface area (Å²) in [4.78, 5) is 7.39. The lowest BCUT2D eigenvalue weighted by molar-refractivity contribution is 0.420. The first kappa shape index (κ1) is 11.3. The zero-order valence-electron chi connectivity index (χ0n) is 9.14. The monoisotopic (exact) mass is 234 g/mol. The lowest BCUT2D eigenvalue weighted by Crippen LogP contribution is -2.11. The Hall–Kier alpha value is -2.21. The van der Waals surface area contributed by atoms with Gasteiger partial charge in [-0.25, -0.2) is 10.8 Å². The second kappa shape index (κ2) is 4.75. The SMILES string of the molecule is Cc1cccc(Oc2nc(NN)ncc2F)c1. The molecule has 0 spiro atoms. The summed E-state index contributed by atoms with van der Waals surface area (Å²) < 4.78 is 18.7. The third-order valence-corrected chi connectivity index (χ3v) is 2.05. The minimum absolute atomic E-state index is 0.0917. The second-order valence-electron chi connectivity index (χ2n) is 3.41. The number of hydrogen-bond acceptors (Lipinski definition) is 5. The molecule has 1 heterocycles. The molecule has 6 heteroatoms. The van der Waals surface area contributed by atoms with Crippen LogP contribution >= 0.6 is 0 Å². The number of nitrogens with zero attached hydrogens (tertiary/aromatic N) is 2. The van der Waals surface area contributed by atoms with Crippen molar-refractivity contribution < 1.29 is 9.13 Å². The zero-order valence-corrected chi connectivity index (χ0v) is 9.14. The lowest BCUT2D eigenvalue weighted by atomic mass is 10.2. The van der Waals surface area contributed by atoms with Crippen LogP contribution in [0.1, 0.15) is 5.56 Å². The fourth-order valence-electron chi connectivity index (χ4n) is 1.28. The number of aromatic nitrogens is 2. The number of nitrogens with one attached hydrogen (secondary N) is 1. The van der Waals surface area contributed by atoms with Crippen molar-refractivity contribution in [1.29, 1.82) is 0 Å². The average molecular weight is 234 g/mol. The molecule has 0 radical (unpaired) electrons. The smallest absolute Gasteiger partial charge is 0.260 e. The average Bonchev–Trinajstić information content (AvgIpc) is 2.32. The van der Waals surface area contributed by atoms with Crippen molar-refractivity contribution in [3.05, 3.63) is 41.8 Å². The summed E-state index contributed by atoms with van der Waals surface area (Å²) in [6.45, 7) is 1.91. The molecule has 1 aromatic heterocycles. The molecule has 5 nitrogen and oxygen atoms in total. The fourth-order valence-corrected chi connectivity index (χ4v) is 1.28. The fraction of sp³-hybridized carbons (Fsp3) is 0.0909. The predicted molar refractivity (Wildman–Crippen MR) is 61.1 cm³/mol. The van der Waals surface area contributed by atoms with Gasteiger partial charge in [0.25, 0.3) is 5.88 Å². The summed E-state index contributed by atoms with van der Waals surface area (Å²) >= 11 is 0. The summed E-state index contributed by atoms with van der Waals surface area (Å²) in [5, 5.41) is 0. The van der Waals surface area contributed by atoms with Crippen LogP contribution < -0.4 is 16.0 Å². The first-order valence-corrected chi connectivity index (χ1v) is 4.92. The van der Waals surface area contributed by atoms with Crippen LogP contribution in [0.25, 0.3) is 0 Å². The van der Waals surface area contributed by atoms with E-state index in [2.05, 4.69) is 15.4 Å². The number of nitrogen functional groups attached to an aromatic ring is 1. The highest BCUT2D eigenvalue weighted by Gasteiger charge is 2.08. The molecule has 0 atom stereocenters. The maximum Gasteiger partial charge on any atom is 0.260 e. The van der Waals surface area contributed by atoms with Crippen LogP contribution in [-0.4, -0.2) is 9.97 Å². The van der Waals surface area contributed by atoms with E-state index in [4.69, 9.17) is 10.6 Å². The summed E-state index contributed by atoms with van der Waals surface area (Å²) in [7, 11) is 0. The summed E-state index contributed by atoms with van der Waals surface area (Å²) in [5.41, 5.74) is 3.23. The number of aryl methyl sites for hydroxylation is 1. The Morgan fingerprint density at radius 3 is 2.94 bits per heavy atom. The number of anilines is 1. The molecule has 0 aliphatic carbocycles. The van der Waals surface area contributed by atoms with Gasteiger partial charge in [0.1, 0.15) is 5.75 Å². The number of hydrogen-bond donors (Lipinski definition) is 2. The molecule has 0 fully saturated rings. The van der Waals surface area contributed by atoms with E-state index >= 15 is 0 Å². The highest BCUT2D eigenvalue weighted by Crippen LogP contribution is 2.23. The third kappa shape index (κ3) is 2.67. The van der Waals surface area contributed by atoms with E-state index in [9.17, 15) is 4.39 Å². The number of rotatable bonds is 3. The molecule has 0 saturated heterocycles. The first-order chi connectivity index (χ1) is 8.19. The van der Waals surface area contributed by atoms with Crippen molar-refractivity contribution in [3.8, 4) is 11.6 Å². The number of nitrogens with two attached hydrogens (primary N) is 1. The molecule has 17 heavy (non-hydrogen) atoms. The van der Waals surface area contributed by atoms with E-state index in [0.717, 1.165) is 11.8 Å². The third-order valence-electron chi connectivity index (χ3n) is 2.05. The van der Waals surface area contributed by atoms with Crippen molar-refractivity contribution >= 4 is 5.95 Å². The van der Waals surface area contributed by atoms with Crippen LogP contribution in [-0.2, 0) is 0 Å². The first-order valence-electron chi connectivity index (χ1n) is 4.92. The van der Waals surface area contributed by atoms with Gasteiger partial charge >= 0.3 is 0 Å². The van der Waals surface area contributed by atoms with Gasteiger partial charge in [0.15, 0.2) is 0 Å². The summed E-state index contributed by atoms with van der Waals surface area (Å²) in [6, 6.07) is 7.21. The molecule has 0 aliphatic heterocycles. The van der Waals surface area contributed by atoms with Crippen molar-refractivity contribution in [1.82, 2.24) is 9.97 Å². The van der Waals surface area contributed by atoms with Gasteiger partial charge in [0.05, 0.1) is 6.20 Å². The molecule has 88 valence electrons. The van der Waals surface area contributed by atoms with E-state index in [1.54, 1.807) is 12.1 Å². The molecular formula is C11H11FN4O. The van der Waals surface area contributed by atoms with Crippen LogP contribution in [0, 0.1) is 12.7 Å². The van der Waals surface area contributed by atoms with Crippen molar-refractivity contribution in [3.63, 3.8) is 0 Å². The van der Waals surface area contributed by atoms with Crippen molar-refractivity contribution in [2.45, 2.75) is 6.92 Å². The van der Waals surface area contributed by atoms with Gasteiger partial charge < -0.3 is 4.74 Å². The molecule has 2 rings (SSSR count). The molecule has 2 aromatic rings. The minimum atomic E-state index is -0.648. The predicted octanol–water partition coefficient (Wildman–Crippen LogP) is 2.00. The Balaban J connectivity index is 2.29. The standard InChI is InChI=1S/C11H11FN4O/c1-7-3-2-4-8(5-7)17-10-9(12)6-14-11(15-10)16-13/h2-6H,13H2,1H3,(H,14,15,16). The number of ether oxygens (including phenoxy) is 1. The highest BCUT2D eigenvalue weighted by molar-refractivity contribution is 5.33.